The number of aliphatic hydroxyl groups is 1. The maximum absolute atomic E-state index is 11.8. The number of amides is 1. The highest BCUT2D eigenvalue weighted by atomic mass is 16.3. The van der Waals surface area contributed by atoms with Crippen molar-refractivity contribution in [3.8, 4) is 0 Å². The Morgan fingerprint density at radius 2 is 1.75 bits per heavy atom. The summed E-state index contributed by atoms with van der Waals surface area (Å²) in [5.41, 5.74) is 3.70. The van der Waals surface area contributed by atoms with Crippen molar-refractivity contribution >= 4 is 17.7 Å². The Kier molecular flexibility index (Phi) is 4.69. The van der Waals surface area contributed by atoms with Gasteiger partial charge in [-0.3, -0.25) is 4.79 Å². The average molecular weight is 267 g/mol. The first kappa shape index (κ1) is 14.0. The number of aryl methyl sites for hydroxylation is 1. The minimum Gasteiger partial charge on any atom is -0.392 e. The Hall–Kier alpha value is -2.39. The number of aliphatic hydroxyl groups excluding tert-OH is 1. The van der Waals surface area contributed by atoms with Crippen LogP contribution in [0.2, 0.25) is 0 Å². The third-order valence-corrected chi connectivity index (χ3v) is 2.91. The molecule has 2 aromatic rings. The predicted octanol–water partition coefficient (Wildman–Crippen LogP) is 3.14. The summed E-state index contributed by atoms with van der Waals surface area (Å²) >= 11 is 0. The van der Waals surface area contributed by atoms with Crippen molar-refractivity contribution in [3.05, 3.63) is 71.3 Å². The Bertz CT molecular complexity index is 598. The molecule has 2 rings (SSSR count). The second kappa shape index (κ2) is 6.68. The monoisotopic (exact) mass is 267 g/mol. The minimum absolute atomic E-state index is 0.00154. The van der Waals surface area contributed by atoms with E-state index in [0.717, 1.165) is 11.1 Å². The average Bonchev–Trinajstić information content (AvgIpc) is 2.47. The zero-order valence-electron chi connectivity index (χ0n) is 11.3. The van der Waals surface area contributed by atoms with Gasteiger partial charge in [0.15, 0.2) is 0 Å². The van der Waals surface area contributed by atoms with Crippen molar-refractivity contribution in [2.24, 2.45) is 0 Å². The number of carbonyl (C=O) groups excluding carboxylic acids is 1. The second-order valence-electron chi connectivity index (χ2n) is 4.59. The van der Waals surface area contributed by atoms with Crippen LogP contribution >= 0.6 is 0 Å². The van der Waals surface area contributed by atoms with Crippen LogP contribution in [0, 0.1) is 6.92 Å². The second-order valence-corrected chi connectivity index (χ2v) is 4.59. The lowest BCUT2D eigenvalue weighted by Gasteiger charge is -2.03. The van der Waals surface area contributed by atoms with Gasteiger partial charge in [0.25, 0.3) is 0 Å². The number of rotatable bonds is 4. The highest BCUT2D eigenvalue weighted by molar-refractivity contribution is 6.01. The quantitative estimate of drug-likeness (QED) is 0.836. The maximum atomic E-state index is 11.8. The van der Waals surface area contributed by atoms with E-state index >= 15 is 0 Å². The Morgan fingerprint density at radius 3 is 2.35 bits per heavy atom. The fraction of sp³-hybridized carbons (Fsp3) is 0.118. The van der Waals surface area contributed by atoms with Gasteiger partial charge in [-0.2, -0.15) is 0 Å². The van der Waals surface area contributed by atoms with Crippen LogP contribution in [0.25, 0.3) is 6.08 Å². The molecule has 0 aromatic heterocycles. The van der Waals surface area contributed by atoms with E-state index in [0.29, 0.717) is 5.69 Å². The van der Waals surface area contributed by atoms with Gasteiger partial charge in [-0.05, 0) is 36.3 Å². The third kappa shape index (κ3) is 4.07. The van der Waals surface area contributed by atoms with Crippen LogP contribution < -0.4 is 5.32 Å². The van der Waals surface area contributed by atoms with Gasteiger partial charge in [0.2, 0.25) is 5.91 Å². The van der Waals surface area contributed by atoms with Crippen molar-refractivity contribution in [1.82, 2.24) is 0 Å². The van der Waals surface area contributed by atoms with Crippen molar-refractivity contribution in [2.75, 3.05) is 5.32 Å². The van der Waals surface area contributed by atoms with E-state index in [-0.39, 0.29) is 12.5 Å². The molecular formula is C17H17NO2. The topological polar surface area (TPSA) is 49.3 Å². The van der Waals surface area contributed by atoms with Crippen molar-refractivity contribution in [1.29, 1.82) is 0 Å². The number of hydrogen-bond acceptors (Lipinski definition) is 2. The molecular weight excluding hydrogens is 250 g/mol. The molecule has 0 spiro atoms. The van der Waals surface area contributed by atoms with Crippen molar-refractivity contribution in [2.45, 2.75) is 13.5 Å². The summed E-state index contributed by atoms with van der Waals surface area (Å²) in [6, 6.07) is 15.0. The zero-order chi connectivity index (χ0) is 14.4. The standard InChI is InChI=1S/C17H17NO2/c1-13-2-4-14(5-3-13)8-11-17(20)18-16-9-6-15(12-19)7-10-16/h2-11,19H,12H2,1H3,(H,18,20). The molecule has 0 atom stereocenters. The van der Waals surface area contributed by atoms with Gasteiger partial charge in [0.1, 0.15) is 0 Å². The molecule has 0 saturated heterocycles. The van der Waals surface area contributed by atoms with Gasteiger partial charge >= 0.3 is 0 Å². The third-order valence-electron chi connectivity index (χ3n) is 2.91. The molecule has 0 aliphatic carbocycles. The van der Waals surface area contributed by atoms with Crippen molar-refractivity contribution < 1.29 is 9.90 Å². The largest absolute Gasteiger partial charge is 0.392 e. The molecule has 0 heterocycles. The SMILES string of the molecule is Cc1ccc(C=CC(=O)Nc2ccc(CO)cc2)cc1. The smallest absolute Gasteiger partial charge is 0.248 e. The minimum atomic E-state index is -0.178. The van der Waals surface area contributed by atoms with Crippen molar-refractivity contribution in [3.63, 3.8) is 0 Å². The molecule has 0 aliphatic rings. The number of carbonyl (C=O) groups is 1. The fourth-order valence-corrected chi connectivity index (χ4v) is 1.73. The van der Waals surface area contributed by atoms with Crippen LogP contribution in [0.15, 0.2) is 54.6 Å². The molecule has 3 heteroatoms. The number of nitrogens with one attached hydrogen (secondary N) is 1. The van der Waals surface area contributed by atoms with Gasteiger partial charge in [-0.15, -0.1) is 0 Å². The molecule has 0 aliphatic heterocycles. The van der Waals surface area contributed by atoms with Gasteiger partial charge < -0.3 is 10.4 Å². The van der Waals surface area contributed by atoms with E-state index in [4.69, 9.17) is 5.11 Å². The van der Waals surface area contributed by atoms with Crippen LogP contribution in [0.5, 0.6) is 0 Å². The van der Waals surface area contributed by atoms with E-state index < -0.39 is 0 Å². The van der Waals surface area contributed by atoms with Gasteiger partial charge in [0.05, 0.1) is 6.61 Å². The summed E-state index contributed by atoms with van der Waals surface area (Å²) in [5, 5.41) is 11.7. The number of hydrogen-bond donors (Lipinski definition) is 2. The molecule has 0 unspecified atom stereocenters. The van der Waals surface area contributed by atoms with Crippen LogP contribution in [0.1, 0.15) is 16.7 Å². The maximum Gasteiger partial charge on any atom is 0.248 e. The highest BCUT2D eigenvalue weighted by Gasteiger charge is 1.98. The summed E-state index contributed by atoms with van der Waals surface area (Å²) in [6.45, 7) is 2.03. The highest BCUT2D eigenvalue weighted by Crippen LogP contribution is 2.10. The van der Waals surface area contributed by atoms with E-state index in [1.165, 1.54) is 11.6 Å². The first-order valence-corrected chi connectivity index (χ1v) is 6.43. The Labute approximate surface area is 118 Å². The predicted molar refractivity (Wildman–Crippen MR) is 81.2 cm³/mol. The molecule has 20 heavy (non-hydrogen) atoms. The van der Waals surface area contributed by atoms with Crippen LogP contribution in [-0.2, 0) is 11.4 Å². The molecule has 2 N–H and O–H groups in total. The van der Waals surface area contributed by atoms with Gasteiger partial charge in [0, 0.05) is 11.8 Å². The van der Waals surface area contributed by atoms with E-state index in [1.54, 1.807) is 30.3 Å². The van der Waals surface area contributed by atoms with E-state index in [2.05, 4.69) is 5.32 Å². The van der Waals surface area contributed by atoms with Crippen LogP contribution in [-0.4, -0.2) is 11.0 Å². The molecule has 102 valence electrons. The number of benzene rings is 2. The Morgan fingerprint density at radius 1 is 1.10 bits per heavy atom. The lowest BCUT2D eigenvalue weighted by molar-refractivity contribution is -0.111. The molecule has 2 aromatic carbocycles. The zero-order valence-corrected chi connectivity index (χ0v) is 11.3. The molecule has 1 amide bonds. The normalized spacial score (nSPS) is 10.7. The van der Waals surface area contributed by atoms with E-state index in [1.807, 2.05) is 31.2 Å². The molecule has 0 radical (unpaired) electrons. The summed E-state index contributed by atoms with van der Waals surface area (Å²) < 4.78 is 0. The molecule has 0 bridgehead atoms. The van der Waals surface area contributed by atoms with Crippen LogP contribution in [0.4, 0.5) is 5.69 Å². The summed E-state index contributed by atoms with van der Waals surface area (Å²) in [7, 11) is 0. The molecule has 0 saturated carbocycles. The first-order valence-electron chi connectivity index (χ1n) is 6.43. The lowest BCUT2D eigenvalue weighted by Crippen LogP contribution is -2.07. The van der Waals surface area contributed by atoms with Crippen LogP contribution in [0.3, 0.4) is 0 Å². The summed E-state index contributed by atoms with van der Waals surface area (Å²) in [4.78, 5) is 11.8. The Balaban J connectivity index is 1.96. The first-order chi connectivity index (χ1) is 9.67. The summed E-state index contributed by atoms with van der Waals surface area (Å²) in [6.07, 6.45) is 3.28. The number of anilines is 1. The van der Waals surface area contributed by atoms with Gasteiger partial charge in [-0.25, -0.2) is 0 Å². The fourth-order valence-electron chi connectivity index (χ4n) is 1.73. The lowest BCUT2D eigenvalue weighted by atomic mass is 10.1. The molecule has 0 fully saturated rings. The molecule has 3 nitrogen and oxygen atoms in total. The van der Waals surface area contributed by atoms with E-state index in [9.17, 15) is 4.79 Å². The summed E-state index contributed by atoms with van der Waals surface area (Å²) in [5.74, 6) is -0.178. The van der Waals surface area contributed by atoms with Gasteiger partial charge in [-0.1, -0.05) is 42.0 Å².